The Morgan fingerprint density at radius 1 is 0.714 bits per heavy atom. The highest BCUT2D eigenvalue weighted by Gasteiger charge is 2.05. The number of hydrogen-bond donors (Lipinski definition) is 0. The molecule has 0 bridgehead atoms. The third-order valence-electron chi connectivity index (χ3n) is 3.53. The fraction of sp³-hybridized carbons (Fsp3) is 0.111. The normalized spacial score (nSPS) is 10.6. The highest BCUT2D eigenvalue weighted by atomic mass is 35.5. The molecule has 3 rings (SSSR count). The molecular weight excluding hydrogens is 284 g/mol. The molecule has 3 aromatic rings. The fourth-order valence-electron chi connectivity index (χ4n) is 2.38. The van der Waals surface area contributed by atoms with Crippen LogP contribution in [-0.2, 0) is 0 Å². The lowest BCUT2D eigenvalue weighted by molar-refractivity contribution is 0.415. The Labute approximate surface area is 128 Å². The van der Waals surface area contributed by atoms with Crippen LogP contribution in [0.25, 0.3) is 21.9 Å². The summed E-state index contributed by atoms with van der Waals surface area (Å²) in [6, 6.07) is 18.2. The summed E-state index contributed by atoms with van der Waals surface area (Å²) in [6.45, 7) is 0. The Morgan fingerprint density at radius 2 is 1.38 bits per heavy atom. The van der Waals surface area contributed by atoms with Crippen LogP contribution in [0.15, 0.2) is 54.6 Å². The molecule has 0 unspecified atom stereocenters. The molecule has 0 saturated heterocycles. The first-order valence-electron chi connectivity index (χ1n) is 6.63. The van der Waals surface area contributed by atoms with E-state index in [1.807, 2.05) is 30.3 Å². The van der Waals surface area contributed by atoms with E-state index in [9.17, 15) is 0 Å². The zero-order chi connectivity index (χ0) is 14.8. The van der Waals surface area contributed by atoms with E-state index in [2.05, 4.69) is 24.3 Å². The van der Waals surface area contributed by atoms with Crippen molar-refractivity contribution in [3.63, 3.8) is 0 Å². The highest BCUT2D eigenvalue weighted by Crippen LogP contribution is 2.32. The summed E-state index contributed by atoms with van der Waals surface area (Å²) < 4.78 is 10.4. The van der Waals surface area contributed by atoms with Crippen LogP contribution in [0.5, 0.6) is 11.5 Å². The van der Waals surface area contributed by atoms with E-state index in [4.69, 9.17) is 21.1 Å². The SMILES string of the molecule is COc1ccc2cc(-c3ccc(OC)c(Cl)c3)ccc2c1. The molecule has 2 nitrogen and oxygen atoms in total. The second-order valence-electron chi connectivity index (χ2n) is 4.78. The molecular formula is C18H15ClO2. The summed E-state index contributed by atoms with van der Waals surface area (Å²) in [5.41, 5.74) is 2.19. The van der Waals surface area contributed by atoms with Gasteiger partial charge in [-0.2, -0.15) is 0 Å². The number of fused-ring (bicyclic) bond motifs is 1. The molecule has 0 aromatic heterocycles. The molecule has 0 spiro atoms. The average molecular weight is 299 g/mol. The summed E-state index contributed by atoms with van der Waals surface area (Å²) in [5.74, 6) is 1.55. The number of methoxy groups -OCH3 is 2. The number of hydrogen-bond acceptors (Lipinski definition) is 2. The predicted molar refractivity (Wildman–Crippen MR) is 87.5 cm³/mol. The molecule has 106 valence electrons. The van der Waals surface area contributed by atoms with Crippen LogP contribution in [0.3, 0.4) is 0 Å². The van der Waals surface area contributed by atoms with Gasteiger partial charge < -0.3 is 9.47 Å². The number of rotatable bonds is 3. The van der Waals surface area contributed by atoms with Crippen molar-refractivity contribution in [2.75, 3.05) is 14.2 Å². The molecule has 0 fully saturated rings. The minimum atomic E-state index is 0.616. The van der Waals surface area contributed by atoms with Gasteiger partial charge in [0.1, 0.15) is 11.5 Å². The molecule has 3 aromatic carbocycles. The van der Waals surface area contributed by atoms with Crippen molar-refractivity contribution in [2.45, 2.75) is 0 Å². The Hall–Kier alpha value is -2.19. The van der Waals surface area contributed by atoms with Crippen molar-refractivity contribution < 1.29 is 9.47 Å². The van der Waals surface area contributed by atoms with Crippen molar-refractivity contribution in [2.24, 2.45) is 0 Å². The minimum Gasteiger partial charge on any atom is -0.497 e. The van der Waals surface area contributed by atoms with Crippen LogP contribution in [-0.4, -0.2) is 14.2 Å². The maximum absolute atomic E-state index is 6.20. The molecule has 0 aliphatic heterocycles. The quantitative estimate of drug-likeness (QED) is 0.663. The van der Waals surface area contributed by atoms with Crippen molar-refractivity contribution in [1.29, 1.82) is 0 Å². The largest absolute Gasteiger partial charge is 0.497 e. The molecule has 0 saturated carbocycles. The lowest BCUT2D eigenvalue weighted by atomic mass is 10.0. The standard InChI is InChI=1S/C18H15ClO2/c1-20-16-7-5-13-9-12(3-4-14(13)10-16)15-6-8-18(21-2)17(19)11-15/h3-11H,1-2H3. The van der Waals surface area contributed by atoms with Gasteiger partial charge in [0, 0.05) is 0 Å². The van der Waals surface area contributed by atoms with Crippen molar-refractivity contribution in [1.82, 2.24) is 0 Å². The second-order valence-corrected chi connectivity index (χ2v) is 5.18. The molecule has 3 heteroatoms. The Balaban J connectivity index is 2.06. The van der Waals surface area contributed by atoms with Gasteiger partial charge in [0.2, 0.25) is 0 Å². The molecule has 0 amide bonds. The van der Waals surface area contributed by atoms with E-state index in [-0.39, 0.29) is 0 Å². The van der Waals surface area contributed by atoms with Crippen molar-refractivity contribution in [3.8, 4) is 22.6 Å². The summed E-state index contributed by atoms with van der Waals surface area (Å²) in [4.78, 5) is 0. The lowest BCUT2D eigenvalue weighted by Crippen LogP contribution is -1.86. The third kappa shape index (κ3) is 2.67. The smallest absolute Gasteiger partial charge is 0.137 e. The van der Waals surface area contributed by atoms with E-state index >= 15 is 0 Å². The van der Waals surface area contributed by atoms with Crippen LogP contribution in [0, 0.1) is 0 Å². The van der Waals surface area contributed by atoms with Gasteiger partial charge in [-0.1, -0.05) is 35.9 Å². The summed E-state index contributed by atoms with van der Waals surface area (Å²) in [7, 11) is 3.29. The van der Waals surface area contributed by atoms with Gasteiger partial charge in [0.15, 0.2) is 0 Å². The summed E-state index contributed by atoms with van der Waals surface area (Å²) in [6.07, 6.45) is 0. The zero-order valence-corrected chi connectivity index (χ0v) is 12.6. The number of benzene rings is 3. The number of ether oxygens (including phenoxy) is 2. The topological polar surface area (TPSA) is 18.5 Å². The van der Waals surface area contributed by atoms with Gasteiger partial charge in [-0.15, -0.1) is 0 Å². The van der Waals surface area contributed by atoms with Gasteiger partial charge in [-0.05, 0) is 52.2 Å². The van der Waals surface area contributed by atoms with E-state index < -0.39 is 0 Å². The molecule has 0 atom stereocenters. The van der Waals surface area contributed by atoms with Gasteiger partial charge in [0.25, 0.3) is 0 Å². The zero-order valence-electron chi connectivity index (χ0n) is 11.9. The summed E-state index contributed by atoms with van der Waals surface area (Å²) >= 11 is 6.20. The monoisotopic (exact) mass is 298 g/mol. The van der Waals surface area contributed by atoms with E-state index in [0.717, 1.165) is 22.3 Å². The molecule has 0 N–H and O–H groups in total. The van der Waals surface area contributed by atoms with Gasteiger partial charge in [-0.3, -0.25) is 0 Å². The van der Waals surface area contributed by atoms with Crippen LogP contribution in [0.4, 0.5) is 0 Å². The first kappa shape index (κ1) is 13.8. The number of halogens is 1. The van der Waals surface area contributed by atoms with Crippen LogP contribution < -0.4 is 9.47 Å². The fourth-order valence-corrected chi connectivity index (χ4v) is 2.63. The van der Waals surface area contributed by atoms with E-state index in [1.165, 1.54) is 5.39 Å². The van der Waals surface area contributed by atoms with Gasteiger partial charge >= 0.3 is 0 Å². The Morgan fingerprint density at radius 3 is 2.10 bits per heavy atom. The van der Waals surface area contributed by atoms with Gasteiger partial charge in [0.05, 0.1) is 19.2 Å². The van der Waals surface area contributed by atoms with Crippen molar-refractivity contribution in [3.05, 3.63) is 59.6 Å². The van der Waals surface area contributed by atoms with Gasteiger partial charge in [-0.25, -0.2) is 0 Å². The minimum absolute atomic E-state index is 0.616. The first-order chi connectivity index (χ1) is 10.2. The molecule has 0 radical (unpaired) electrons. The third-order valence-corrected chi connectivity index (χ3v) is 3.83. The molecule has 0 heterocycles. The second kappa shape index (κ2) is 5.66. The average Bonchev–Trinajstić information content (AvgIpc) is 2.53. The molecule has 0 aliphatic rings. The summed E-state index contributed by atoms with van der Waals surface area (Å²) in [5, 5.41) is 2.93. The van der Waals surface area contributed by atoms with E-state index in [0.29, 0.717) is 10.8 Å². The Bertz CT molecular complexity index is 796. The first-order valence-corrected chi connectivity index (χ1v) is 7.01. The lowest BCUT2D eigenvalue weighted by Gasteiger charge is -2.08. The van der Waals surface area contributed by atoms with Crippen molar-refractivity contribution >= 4 is 22.4 Å². The maximum atomic E-state index is 6.20. The van der Waals surface area contributed by atoms with Crippen LogP contribution >= 0.6 is 11.6 Å². The maximum Gasteiger partial charge on any atom is 0.137 e. The Kier molecular flexibility index (Phi) is 3.72. The molecule has 21 heavy (non-hydrogen) atoms. The predicted octanol–water partition coefficient (Wildman–Crippen LogP) is 5.18. The highest BCUT2D eigenvalue weighted by molar-refractivity contribution is 6.32. The van der Waals surface area contributed by atoms with Crippen LogP contribution in [0.2, 0.25) is 5.02 Å². The van der Waals surface area contributed by atoms with E-state index in [1.54, 1.807) is 14.2 Å². The molecule has 0 aliphatic carbocycles. The van der Waals surface area contributed by atoms with Crippen LogP contribution in [0.1, 0.15) is 0 Å².